The van der Waals surface area contributed by atoms with Crippen molar-refractivity contribution in [2.45, 2.75) is 31.2 Å². The van der Waals surface area contributed by atoms with Gasteiger partial charge >= 0.3 is 0 Å². The Hall–Kier alpha value is -1.78. The molecule has 4 heteroatoms. The highest BCUT2D eigenvalue weighted by molar-refractivity contribution is 5.36. The summed E-state index contributed by atoms with van der Waals surface area (Å²) in [6.45, 7) is 0. The minimum atomic E-state index is -0.817. The molecule has 0 aliphatic heterocycles. The van der Waals surface area contributed by atoms with E-state index in [4.69, 9.17) is 5.84 Å². The molecule has 2 unspecified atom stereocenters. The summed E-state index contributed by atoms with van der Waals surface area (Å²) >= 11 is 0. The summed E-state index contributed by atoms with van der Waals surface area (Å²) in [6, 6.07) is 12.4. The highest BCUT2D eigenvalue weighted by Gasteiger charge is 2.29. The lowest BCUT2D eigenvalue weighted by Gasteiger charge is -2.24. The predicted octanol–water partition coefficient (Wildman–Crippen LogP) is 3.07. The molecule has 0 saturated heterocycles. The molecule has 0 radical (unpaired) electrons. The molecule has 0 spiro atoms. The van der Waals surface area contributed by atoms with Gasteiger partial charge in [-0.15, -0.1) is 0 Å². The highest BCUT2D eigenvalue weighted by atomic mass is 19.2. The molecule has 0 aromatic heterocycles. The zero-order valence-corrected chi connectivity index (χ0v) is 11.7. The first-order valence-electron chi connectivity index (χ1n) is 7.17. The molecule has 21 heavy (non-hydrogen) atoms. The lowest BCUT2D eigenvalue weighted by atomic mass is 9.89. The number of rotatable bonds is 4. The summed E-state index contributed by atoms with van der Waals surface area (Å²) in [6.07, 6.45) is 2.64. The molecule has 0 fully saturated rings. The molecule has 0 saturated carbocycles. The van der Waals surface area contributed by atoms with Crippen LogP contribution in [0.1, 0.15) is 29.0 Å². The Kier molecular flexibility index (Phi) is 3.99. The Bertz CT molecular complexity index is 642. The topological polar surface area (TPSA) is 38.0 Å². The largest absolute Gasteiger partial charge is 0.271 e. The Morgan fingerprint density at radius 1 is 1.14 bits per heavy atom. The number of hydrogen-bond acceptors (Lipinski definition) is 2. The van der Waals surface area contributed by atoms with Crippen LogP contribution >= 0.6 is 0 Å². The maximum atomic E-state index is 13.3. The van der Waals surface area contributed by atoms with Gasteiger partial charge in [0.25, 0.3) is 0 Å². The van der Waals surface area contributed by atoms with Crippen LogP contribution in [-0.2, 0) is 12.8 Å². The van der Waals surface area contributed by atoms with Gasteiger partial charge < -0.3 is 0 Å². The summed E-state index contributed by atoms with van der Waals surface area (Å²) in [5.74, 6) is 4.39. The number of hydrogen-bond donors (Lipinski definition) is 2. The summed E-state index contributed by atoms with van der Waals surface area (Å²) < 4.78 is 26.3. The normalized spacial score (nSPS) is 18.5. The number of fused-ring (bicyclic) bond motifs is 1. The second-order valence-electron chi connectivity index (χ2n) is 5.57. The van der Waals surface area contributed by atoms with Crippen LogP contribution in [-0.4, -0.2) is 6.04 Å². The predicted molar refractivity (Wildman–Crippen MR) is 78.7 cm³/mol. The summed E-state index contributed by atoms with van der Waals surface area (Å²) in [5.41, 5.74) is 6.27. The van der Waals surface area contributed by atoms with E-state index in [-0.39, 0.29) is 6.04 Å². The summed E-state index contributed by atoms with van der Waals surface area (Å²) in [7, 11) is 0. The van der Waals surface area contributed by atoms with Crippen LogP contribution in [0, 0.1) is 11.6 Å². The van der Waals surface area contributed by atoms with Gasteiger partial charge in [-0.25, -0.2) is 8.78 Å². The lowest BCUT2D eigenvalue weighted by Crippen LogP contribution is -2.40. The Balaban J connectivity index is 1.81. The van der Waals surface area contributed by atoms with Gasteiger partial charge in [0.15, 0.2) is 11.6 Å². The fraction of sp³-hybridized carbons (Fsp3) is 0.294. The maximum Gasteiger partial charge on any atom is 0.159 e. The van der Waals surface area contributed by atoms with E-state index < -0.39 is 11.6 Å². The first-order chi connectivity index (χ1) is 10.2. The Labute approximate surface area is 122 Å². The molecule has 3 N–H and O–H groups in total. The molecule has 0 amide bonds. The quantitative estimate of drug-likeness (QED) is 0.670. The van der Waals surface area contributed by atoms with Crippen molar-refractivity contribution in [1.82, 2.24) is 5.43 Å². The number of benzene rings is 2. The number of hydrazine groups is 1. The number of nitrogens with one attached hydrogen (secondary N) is 1. The van der Waals surface area contributed by atoms with Crippen LogP contribution in [0.15, 0.2) is 42.5 Å². The molecule has 2 aromatic carbocycles. The van der Waals surface area contributed by atoms with Crippen molar-refractivity contribution in [1.29, 1.82) is 0 Å². The van der Waals surface area contributed by atoms with Gasteiger partial charge in [0.1, 0.15) is 0 Å². The van der Waals surface area contributed by atoms with Crippen LogP contribution in [0.4, 0.5) is 8.78 Å². The van der Waals surface area contributed by atoms with Crippen molar-refractivity contribution in [3.8, 4) is 0 Å². The van der Waals surface area contributed by atoms with E-state index in [0.29, 0.717) is 12.3 Å². The first kappa shape index (κ1) is 14.2. The van der Waals surface area contributed by atoms with Gasteiger partial charge in [-0.3, -0.25) is 11.3 Å². The van der Waals surface area contributed by atoms with Gasteiger partial charge in [0.2, 0.25) is 0 Å². The standard InChI is InChI=1S/C17H18F2N2/c18-15-8-5-11(9-16(15)19)10-17(21-20)14-7-6-12-3-1-2-4-13(12)14/h1-5,8-9,14,17,21H,6-7,10,20H2. The third-order valence-electron chi connectivity index (χ3n) is 4.32. The maximum absolute atomic E-state index is 13.3. The van der Waals surface area contributed by atoms with E-state index in [1.165, 1.54) is 23.3 Å². The Morgan fingerprint density at radius 3 is 2.71 bits per heavy atom. The van der Waals surface area contributed by atoms with Crippen LogP contribution < -0.4 is 11.3 Å². The number of halogens is 2. The lowest BCUT2D eigenvalue weighted by molar-refractivity contribution is 0.432. The molecular formula is C17H18F2N2. The summed E-state index contributed by atoms with van der Waals surface area (Å²) in [5, 5.41) is 0. The monoisotopic (exact) mass is 288 g/mol. The number of nitrogens with two attached hydrogens (primary N) is 1. The zero-order valence-electron chi connectivity index (χ0n) is 11.7. The molecule has 1 aliphatic rings. The van der Waals surface area contributed by atoms with Crippen LogP contribution in [0.2, 0.25) is 0 Å². The van der Waals surface area contributed by atoms with Crippen LogP contribution in [0.3, 0.4) is 0 Å². The van der Waals surface area contributed by atoms with Crippen molar-refractivity contribution in [3.05, 3.63) is 70.8 Å². The molecule has 1 aliphatic carbocycles. The highest BCUT2D eigenvalue weighted by Crippen LogP contribution is 2.36. The minimum Gasteiger partial charge on any atom is -0.271 e. The van der Waals surface area contributed by atoms with Crippen molar-refractivity contribution in [2.24, 2.45) is 5.84 Å². The minimum absolute atomic E-state index is 0.0125. The van der Waals surface area contributed by atoms with E-state index in [2.05, 4.69) is 17.6 Å². The second-order valence-corrected chi connectivity index (χ2v) is 5.57. The van der Waals surface area contributed by atoms with Crippen molar-refractivity contribution in [2.75, 3.05) is 0 Å². The molecular weight excluding hydrogens is 270 g/mol. The first-order valence-corrected chi connectivity index (χ1v) is 7.17. The van der Waals surface area contributed by atoms with Crippen LogP contribution in [0.25, 0.3) is 0 Å². The van der Waals surface area contributed by atoms with Gasteiger partial charge in [0, 0.05) is 12.0 Å². The van der Waals surface area contributed by atoms with E-state index in [1.54, 1.807) is 6.07 Å². The van der Waals surface area contributed by atoms with Crippen molar-refractivity contribution >= 4 is 0 Å². The summed E-state index contributed by atoms with van der Waals surface area (Å²) in [4.78, 5) is 0. The molecule has 0 bridgehead atoms. The smallest absolute Gasteiger partial charge is 0.159 e. The number of aryl methyl sites for hydroxylation is 1. The fourth-order valence-corrected chi connectivity index (χ4v) is 3.25. The van der Waals surface area contributed by atoms with Gasteiger partial charge in [-0.2, -0.15) is 0 Å². The SMILES string of the molecule is NNC(Cc1ccc(F)c(F)c1)C1CCc2ccccc21. The van der Waals surface area contributed by atoms with E-state index in [9.17, 15) is 8.78 Å². The van der Waals surface area contributed by atoms with Gasteiger partial charge in [0.05, 0.1) is 0 Å². The molecule has 110 valence electrons. The second kappa shape index (κ2) is 5.92. The Morgan fingerprint density at radius 2 is 1.95 bits per heavy atom. The molecule has 3 rings (SSSR count). The molecule has 2 nitrogen and oxygen atoms in total. The van der Waals surface area contributed by atoms with Crippen molar-refractivity contribution < 1.29 is 8.78 Å². The third-order valence-corrected chi connectivity index (χ3v) is 4.32. The average molecular weight is 288 g/mol. The van der Waals surface area contributed by atoms with Crippen molar-refractivity contribution in [3.63, 3.8) is 0 Å². The van der Waals surface area contributed by atoms with Crippen LogP contribution in [0.5, 0.6) is 0 Å². The molecule has 0 heterocycles. The van der Waals surface area contributed by atoms with E-state index >= 15 is 0 Å². The fourth-order valence-electron chi connectivity index (χ4n) is 3.25. The molecule has 2 atom stereocenters. The average Bonchev–Trinajstić information content (AvgIpc) is 2.92. The third kappa shape index (κ3) is 2.82. The van der Waals surface area contributed by atoms with Gasteiger partial charge in [-0.1, -0.05) is 30.3 Å². The molecule has 2 aromatic rings. The zero-order chi connectivity index (χ0) is 14.8. The van der Waals surface area contributed by atoms with Gasteiger partial charge in [-0.05, 0) is 48.1 Å². The van der Waals surface area contributed by atoms with E-state index in [0.717, 1.165) is 18.4 Å². The van der Waals surface area contributed by atoms with E-state index in [1.807, 2.05) is 12.1 Å².